The monoisotopic (exact) mass is 342 g/mol. The minimum Gasteiger partial charge on any atom is -0.353 e. The van der Waals surface area contributed by atoms with E-state index in [-0.39, 0.29) is 5.92 Å². The van der Waals surface area contributed by atoms with Crippen LogP contribution in [0.5, 0.6) is 0 Å². The molecule has 0 aromatic carbocycles. The zero-order valence-electron chi connectivity index (χ0n) is 15.1. The minimum absolute atomic E-state index is 0.211. The molecule has 1 aliphatic carbocycles. The van der Waals surface area contributed by atoms with Gasteiger partial charge in [-0.15, -0.1) is 0 Å². The molecule has 1 saturated carbocycles. The molecule has 5 nitrogen and oxygen atoms in total. The molecule has 0 radical (unpaired) electrons. The normalized spacial score (nSPS) is 26.5. The highest BCUT2D eigenvalue weighted by molar-refractivity contribution is 5.79. The van der Waals surface area contributed by atoms with Crippen molar-refractivity contribution in [3.8, 4) is 0 Å². The van der Waals surface area contributed by atoms with E-state index in [1.807, 2.05) is 18.5 Å². The fourth-order valence-electron chi connectivity index (χ4n) is 4.29. The molecule has 0 spiro atoms. The number of nitrogens with zero attached hydrogens (tertiary/aromatic N) is 3. The van der Waals surface area contributed by atoms with Crippen LogP contribution in [-0.2, 0) is 11.3 Å². The van der Waals surface area contributed by atoms with E-state index in [0.717, 1.165) is 32.6 Å². The van der Waals surface area contributed by atoms with Crippen molar-refractivity contribution in [1.29, 1.82) is 0 Å². The van der Waals surface area contributed by atoms with Crippen molar-refractivity contribution in [3.63, 3.8) is 0 Å². The van der Waals surface area contributed by atoms with Gasteiger partial charge in [0.2, 0.25) is 5.91 Å². The van der Waals surface area contributed by atoms with Gasteiger partial charge in [0.1, 0.15) is 0 Å². The van der Waals surface area contributed by atoms with Crippen molar-refractivity contribution in [3.05, 3.63) is 30.1 Å². The maximum Gasteiger partial charge on any atom is 0.224 e. The van der Waals surface area contributed by atoms with Crippen molar-refractivity contribution >= 4 is 5.91 Å². The average molecular weight is 342 g/mol. The van der Waals surface area contributed by atoms with E-state index in [1.54, 1.807) is 0 Å². The molecule has 3 heterocycles. The summed E-state index contributed by atoms with van der Waals surface area (Å²) in [7, 11) is 0. The number of nitrogens with one attached hydrogen (secondary N) is 1. The smallest absolute Gasteiger partial charge is 0.224 e. The Bertz CT molecular complexity index is 566. The fraction of sp³-hybridized carbons (Fsp3) is 0.700. The zero-order valence-corrected chi connectivity index (χ0v) is 15.1. The van der Waals surface area contributed by atoms with Crippen LogP contribution >= 0.6 is 0 Å². The van der Waals surface area contributed by atoms with Crippen molar-refractivity contribution in [2.45, 2.75) is 57.2 Å². The van der Waals surface area contributed by atoms with E-state index in [4.69, 9.17) is 0 Å². The molecule has 5 heteroatoms. The second-order valence-electron chi connectivity index (χ2n) is 7.99. The van der Waals surface area contributed by atoms with Crippen LogP contribution in [0.1, 0.15) is 44.1 Å². The summed E-state index contributed by atoms with van der Waals surface area (Å²) in [5.74, 6) is 0.518. The number of rotatable bonds is 5. The summed E-state index contributed by atoms with van der Waals surface area (Å²) >= 11 is 0. The minimum atomic E-state index is 0.211. The van der Waals surface area contributed by atoms with Gasteiger partial charge in [0.25, 0.3) is 0 Å². The lowest BCUT2D eigenvalue weighted by molar-refractivity contribution is -0.127. The molecule has 1 amide bonds. The van der Waals surface area contributed by atoms with Crippen LogP contribution in [0.4, 0.5) is 0 Å². The van der Waals surface area contributed by atoms with Gasteiger partial charge in [-0.25, -0.2) is 0 Å². The maximum atomic E-state index is 12.4. The van der Waals surface area contributed by atoms with Crippen LogP contribution in [0, 0.1) is 5.92 Å². The number of piperidine rings is 2. The summed E-state index contributed by atoms with van der Waals surface area (Å²) in [5, 5.41) is 3.20. The predicted octanol–water partition coefficient (Wildman–Crippen LogP) is 2.04. The number of likely N-dealkylation sites (tertiary alicyclic amines) is 2. The summed E-state index contributed by atoms with van der Waals surface area (Å²) in [6.45, 7) is 5.43. The van der Waals surface area contributed by atoms with Crippen LogP contribution in [0.15, 0.2) is 24.5 Å². The fourth-order valence-corrected chi connectivity index (χ4v) is 4.29. The summed E-state index contributed by atoms with van der Waals surface area (Å²) < 4.78 is 0. The molecule has 2 saturated heterocycles. The van der Waals surface area contributed by atoms with Gasteiger partial charge in [0, 0.05) is 37.6 Å². The van der Waals surface area contributed by atoms with E-state index in [2.05, 4.69) is 26.2 Å². The van der Waals surface area contributed by atoms with Crippen LogP contribution in [0.3, 0.4) is 0 Å². The third-order valence-electron chi connectivity index (χ3n) is 5.95. The molecule has 1 N–H and O–H groups in total. The first-order chi connectivity index (χ1) is 12.3. The van der Waals surface area contributed by atoms with E-state index in [9.17, 15) is 4.79 Å². The predicted molar refractivity (Wildman–Crippen MR) is 98.0 cm³/mol. The highest BCUT2D eigenvalue weighted by atomic mass is 16.2. The zero-order chi connectivity index (χ0) is 17.1. The van der Waals surface area contributed by atoms with Gasteiger partial charge in [0.15, 0.2) is 0 Å². The lowest BCUT2D eigenvalue weighted by Gasteiger charge is -2.42. The molecule has 1 unspecified atom stereocenters. The van der Waals surface area contributed by atoms with Crippen molar-refractivity contribution in [2.24, 2.45) is 5.92 Å². The number of hydrogen-bond donors (Lipinski definition) is 1. The molecule has 3 aliphatic rings. The van der Waals surface area contributed by atoms with Crippen molar-refractivity contribution in [2.75, 3.05) is 26.2 Å². The second kappa shape index (κ2) is 7.83. The Hall–Kier alpha value is -1.46. The summed E-state index contributed by atoms with van der Waals surface area (Å²) in [4.78, 5) is 21.7. The quantitative estimate of drug-likeness (QED) is 0.890. The molecule has 1 atom stereocenters. The number of aromatic nitrogens is 1. The van der Waals surface area contributed by atoms with Crippen molar-refractivity contribution in [1.82, 2.24) is 20.1 Å². The Kier molecular flexibility index (Phi) is 5.32. The Morgan fingerprint density at radius 3 is 2.72 bits per heavy atom. The Morgan fingerprint density at radius 1 is 1.16 bits per heavy atom. The second-order valence-corrected chi connectivity index (χ2v) is 7.99. The highest BCUT2D eigenvalue weighted by Crippen LogP contribution is 2.26. The average Bonchev–Trinajstić information content (AvgIpc) is 3.47. The number of pyridine rings is 1. The Balaban J connectivity index is 1.24. The number of amides is 1. The van der Waals surface area contributed by atoms with Crippen LogP contribution in [0.2, 0.25) is 0 Å². The van der Waals surface area contributed by atoms with Gasteiger partial charge < -0.3 is 5.32 Å². The molecule has 3 fully saturated rings. The Morgan fingerprint density at radius 2 is 2.00 bits per heavy atom. The van der Waals surface area contributed by atoms with Crippen LogP contribution in [0.25, 0.3) is 0 Å². The van der Waals surface area contributed by atoms with Gasteiger partial charge in [-0.3, -0.25) is 19.6 Å². The van der Waals surface area contributed by atoms with E-state index >= 15 is 0 Å². The molecule has 1 aromatic heterocycles. The number of hydrogen-bond acceptors (Lipinski definition) is 4. The van der Waals surface area contributed by atoms with Gasteiger partial charge >= 0.3 is 0 Å². The first-order valence-corrected chi connectivity index (χ1v) is 9.93. The standard InChI is InChI=1S/C20H30N4O/c25-20(22-18-5-6-18)17-4-2-10-24(15-17)19-7-11-23(12-8-19)14-16-3-1-9-21-13-16/h1,3,9,13,17-19H,2,4-8,10-12,14-15H2,(H,22,25). The third-order valence-corrected chi connectivity index (χ3v) is 5.95. The van der Waals surface area contributed by atoms with Gasteiger partial charge in [-0.05, 0) is 69.8 Å². The first-order valence-electron chi connectivity index (χ1n) is 9.93. The topological polar surface area (TPSA) is 48.5 Å². The van der Waals surface area contributed by atoms with Gasteiger partial charge in [-0.2, -0.15) is 0 Å². The molecule has 2 aliphatic heterocycles. The Labute approximate surface area is 150 Å². The molecular formula is C20H30N4O. The first kappa shape index (κ1) is 17.0. The highest BCUT2D eigenvalue weighted by Gasteiger charge is 2.33. The van der Waals surface area contributed by atoms with Gasteiger partial charge in [-0.1, -0.05) is 6.07 Å². The lowest BCUT2D eigenvalue weighted by atomic mass is 9.93. The lowest BCUT2D eigenvalue weighted by Crippen LogP contribution is -2.50. The third kappa shape index (κ3) is 4.59. The number of carbonyl (C=O) groups is 1. The SMILES string of the molecule is O=C(NC1CC1)C1CCCN(C2CCN(Cc3cccnc3)CC2)C1. The summed E-state index contributed by atoms with van der Waals surface area (Å²) in [6, 6.07) is 5.32. The van der Waals surface area contributed by atoms with Crippen LogP contribution in [-0.4, -0.2) is 59.0 Å². The van der Waals surface area contributed by atoms with E-state index in [0.29, 0.717) is 18.0 Å². The van der Waals surface area contributed by atoms with E-state index < -0.39 is 0 Å². The molecule has 4 rings (SSSR count). The van der Waals surface area contributed by atoms with Gasteiger partial charge in [0.05, 0.1) is 5.92 Å². The van der Waals surface area contributed by atoms with E-state index in [1.165, 1.54) is 44.2 Å². The largest absolute Gasteiger partial charge is 0.353 e. The summed E-state index contributed by atoms with van der Waals surface area (Å²) in [6.07, 6.45) is 10.8. The number of carbonyl (C=O) groups excluding carboxylic acids is 1. The molecule has 0 bridgehead atoms. The molecule has 136 valence electrons. The molecule has 1 aromatic rings. The maximum absolute atomic E-state index is 12.4. The summed E-state index contributed by atoms with van der Waals surface area (Å²) in [5.41, 5.74) is 1.30. The van der Waals surface area contributed by atoms with Crippen molar-refractivity contribution < 1.29 is 4.79 Å². The van der Waals surface area contributed by atoms with Crippen LogP contribution < -0.4 is 5.32 Å². The molecular weight excluding hydrogens is 312 g/mol. The molecule has 25 heavy (non-hydrogen) atoms.